The largest absolute Gasteiger partial charge is 0.482 e. The lowest BCUT2D eigenvalue weighted by molar-refractivity contribution is 0.361. The number of aliphatic imine (C=N–C) groups is 1. The van der Waals surface area contributed by atoms with Gasteiger partial charge in [-0.2, -0.15) is 0 Å². The summed E-state index contributed by atoms with van der Waals surface area (Å²) >= 11 is 0. The molecule has 2 heteroatoms. The van der Waals surface area contributed by atoms with Gasteiger partial charge in [0.05, 0.1) is 6.54 Å². The Bertz CT molecular complexity index is 55.5. The predicted molar refractivity (Wildman–Crippen MR) is 35.3 cm³/mol. The van der Waals surface area contributed by atoms with Crippen molar-refractivity contribution < 1.29 is 4.74 Å². The van der Waals surface area contributed by atoms with E-state index in [2.05, 4.69) is 23.6 Å². The summed E-state index contributed by atoms with van der Waals surface area (Å²) in [6.07, 6.45) is 2.74. The van der Waals surface area contributed by atoms with Gasteiger partial charge >= 0.3 is 0 Å². The first-order valence-corrected chi connectivity index (χ1v) is 3.01. The highest BCUT2D eigenvalue weighted by molar-refractivity contribution is 5.47. The van der Waals surface area contributed by atoms with Crippen LogP contribution in [0.4, 0.5) is 0 Å². The molecule has 1 aliphatic rings. The fourth-order valence-corrected chi connectivity index (χ4v) is 0.264. The second kappa shape index (κ2) is 6.47. The highest BCUT2D eigenvalue weighted by Crippen LogP contribution is 1.78. The van der Waals surface area contributed by atoms with Crippen LogP contribution < -0.4 is 0 Å². The van der Waals surface area contributed by atoms with Gasteiger partial charge in [-0.25, -0.2) is 0 Å². The Kier molecular flexibility index (Phi) is 6.04. The third-order valence-electron chi connectivity index (χ3n) is 0.487. The first-order chi connectivity index (χ1) is 3.91. The lowest BCUT2D eigenvalue weighted by atomic mass is 10.6. The molecule has 0 amide bonds. The lowest BCUT2D eigenvalue weighted by Gasteiger charge is -1.76. The molecule has 2 nitrogen and oxygen atoms in total. The molecule has 0 aromatic carbocycles. The van der Waals surface area contributed by atoms with Crippen molar-refractivity contribution in [3.8, 4) is 0 Å². The van der Waals surface area contributed by atoms with Crippen LogP contribution in [0.15, 0.2) is 4.99 Å². The van der Waals surface area contributed by atoms with E-state index >= 15 is 0 Å². The SMILES string of the molecule is C1=NCCO1.CCC. The molecule has 0 aromatic rings. The van der Waals surface area contributed by atoms with Gasteiger partial charge in [-0.3, -0.25) is 4.99 Å². The summed E-state index contributed by atoms with van der Waals surface area (Å²) < 4.78 is 4.65. The van der Waals surface area contributed by atoms with Gasteiger partial charge in [0.2, 0.25) is 0 Å². The van der Waals surface area contributed by atoms with Crippen LogP contribution in [0.1, 0.15) is 20.3 Å². The molecule has 0 aromatic heterocycles. The van der Waals surface area contributed by atoms with Crippen LogP contribution in [0.2, 0.25) is 0 Å². The van der Waals surface area contributed by atoms with Gasteiger partial charge in [-0.05, 0) is 0 Å². The molecule has 1 heterocycles. The van der Waals surface area contributed by atoms with Gasteiger partial charge in [-0.15, -0.1) is 0 Å². The van der Waals surface area contributed by atoms with Crippen molar-refractivity contribution in [3.05, 3.63) is 0 Å². The molecular weight excluding hydrogens is 102 g/mol. The summed E-state index contributed by atoms with van der Waals surface area (Å²) in [4.78, 5) is 3.74. The standard InChI is InChI=1S/C3H5NO.C3H8/c1-2-5-3-4-1;1-3-2/h3H,1-2H2;3H2,1-2H3. The topological polar surface area (TPSA) is 21.6 Å². The van der Waals surface area contributed by atoms with Crippen LogP contribution >= 0.6 is 0 Å². The minimum absolute atomic E-state index is 0.778. The van der Waals surface area contributed by atoms with Crippen molar-refractivity contribution >= 4 is 6.40 Å². The molecular formula is C6H13NO. The minimum Gasteiger partial charge on any atom is -0.482 e. The second-order valence-corrected chi connectivity index (χ2v) is 1.59. The first-order valence-electron chi connectivity index (χ1n) is 3.01. The normalized spacial score (nSPS) is 14.2. The average molecular weight is 115 g/mol. The van der Waals surface area contributed by atoms with E-state index < -0.39 is 0 Å². The molecule has 0 radical (unpaired) electrons. The van der Waals surface area contributed by atoms with Crippen LogP contribution in [0.5, 0.6) is 0 Å². The zero-order valence-electron chi connectivity index (χ0n) is 5.55. The van der Waals surface area contributed by atoms with Gasteiger partial charge < -0.3 is 4.74 Å². The smallest absolute Gasteiger partial charge is 0.169 e. The molecule has 1 rings (SSSR count). The van der Waals surface area contributed by atoms with Crippen molar-refractivity contribution in [2.45, 2.75) is 20.3 Å². The Hall–Kier alpha value is -0.530. The van der Waals surface area contributed by atoms with E-state index in [1.165, 1.54) is 12.8 Å². The molecule has 1 aliphatic heterocycles. The lowest BCUT2D eigenvalue weighted by Crippen LogP contribution is -1.80. The molecule has 0 unspecified atom stereocenters. The van der Waals surface area contributed by atoms with Gasteiger partial charge in [0.1, 0.15) is 6.61 Å². The zero-order valence-corrected chi connectivity index (χ0v) is 5.55. The number of hydrogen-bond acceptors (Lipinski definition) is 2. The van der Waals surface area contributed by atoms with Crippen molar-refractivity contribution in [1.29, 1.82) is 0 Å². The van der Waals surface area contributed by atoms with Crippen LogP contribution in [-0.4, -0.2) is 19.6 Å². The van der Waals surface area contributed by atoms with E-state index in [0.29, 0.717) is 0 Å². The average Bonchev–Trinajstić information content (AvgIpc) is 2.17. The third-order valence-corrected chi connectivity index (χ3v) is 0.487. The van der Waals surface area contributed by atoms with Crippen LogP contribution in [0.25, 0.3) is 0 Å². The van der Waals surface area contributed by atoms with E-state index in [0.717, 1.165) is 13.2 Å². The minimum atomic E-state index is 0.778. The number of nitrogens with zero attached hydrogens (tertiary/aromatic N) is 1. The molecule has 0 fully saturated rings. The Morgan fingerprint density at radius 1 is 1.62 bits per heavy atom. The Morgan fingerprint density at radius 2 is 2.25 bits per heavy atom. The molecule has 0 saturated carbocycles. The highest BCUT2D eigenvalue weighted by Gasteiger charge is 1.84. The van der Waals surface area contributed by atoms with Crippen LogP contribution in [0.3, 0.4) is 0 Å². The maximum absolute atomic E-state index is 4.65. The quantitative estimate of drug-likeness (QED) is 0.468. The number of ether oxygens (including phenoxy) is 1. The second-order valence-electron chi connectivity index (χ2n) is 1.59. The van der Waals surface area contributed by atoms with Crippen molar-refractivity contribution in [1.82, 2.24) is 0 Å². The summed E-state index contributed by atoms with van der Waals surface area (Å²) in [5, 5.41) is 0. The zero-order chi connectivity index (χ0) is 6.24. The molecule has 0 spiro atoms. The van der Waals surface area contributed by atoms with E-state index in [4.69, 9.17) is 0 Å². The number of rotatable bonds is 0. The third kappa shape index (κ3) is 5.47. The molecule has 8 heavy (non-hydrogen) atoms. The van der Waals surface area contributed by atoms with Crippen LogP contribution in [-0.2, 0) is 4.74 Å². The summed E-state index contributed by atoms with van der Waals surface area (Å²) in [6.45, 7) is 5.88. The van der Waals surface area contributed by atoms with E-state index in [1.807, 2.05) is 0 Å². The van der Waals surface area contributed by atoms with Crippen molar-refractivity contribution in [2.24, 2.45) is 4.99 Å². The predicted octanol–water partition coefficient (Wildman–Crippen LogP) is 1.46. The summed E-state index contributed by atoms with van der Waals surface area (Å²) in [7, 11) is 0. The first kappa shape index (κ1) is 7.47. The Labute approximate surface area is 50.6 Å². The van der Waals surface area contributed by atoms with Gasteiger partial charge in [0.25, 0.3) is 0 Å². The van der Waals surface area contributed by atoms with Gasteiger partial charge in [-0.1, -0.05) is 20.3 Å². The van der Waals surface area contributed by atoms with Crippen molar-refractivity contribution in [2.75, 3.05) is 13.2 Å². The molecule has 48 valence electrons. The van der Waals surface area contributed by atoms with E-state index in [9.17, 15) is 0 Å². The Morgan fingerprint density at radius 3 is 2.38 bits per heavy atom. The highest BCUT2D eigenvalue weighted by atomic mass is 16.5. The van der Waals surface area contributed by atoms with Gasteiger partial charge in [0.15, 0.2) is 6.40 Å². The summed E-state index contributed by atoms with van der Waals surface area (Å²) in [5.41, 5.74) is 0. The fourth-order valence-electron chi connectivity index (χ4n) is 0.264. The molecule has 0 atom stereocenters. The summed E-state index contributed by atoms with van der Waals surface area (Å²) in [6, 6.07) is 0. The monoisotopic (exact) mass is 115 g/mol. The maximum atomic E-state index is 4.65. The molecule has 0 N–H and O–H groups in total. The van der Waals surface area contributed by atoms with Crippen LogP contribution in [0, 0.1) is 0 Å². The van der Waals surface area contributed by atoms with Crippen molar-refractivity contribution in [3.63, 3.8) is 0 Å². The maximum Gasteiger partial charge on any atom is 0.169 e. The fraction of sp³-hybridized carbons (Fsp3) is 0.833. The van der Waals surface area contributed by atoms with E-state index in [-0.39, 0.29) is 0 Å². The van der Waals surface area contributed by atoms with Gasteiger partial charge in [0, 0.05) is 0 Å². The molecule has 0 aliphatic carbocycles. The molecule has 0 bridgehead atoms. The number of hydrogen-bond donors (Lipinski definition) is 0. The summed E-state index contributed by atoms with van der Waals surface area (Å²) in [5.74, 6) is 0. The molecule has 0 saturated heterocycles. The Balaban J connectivity index is 0.000000145. The van der Waals surface area contributed by atoms with E-state index in [1.54, 1.807) is 0 Å².